The predicted octanol–water partition coefficient (Wildman–Crippen LogP) is 1.43. The Bertz CT molecular complexity index is 472. The highest BCUT2D eigenvalue weighted by Crippen LogP contribution is 2.13. The molecular weight excluding hydrogens is 326 g/mol. The lowest BCUT2D eigenvalue weighted by molar-refractivity contribution is -0.122. The number of anilines is 1. The zero-order valence-electron chi connectivity index (χ0n) is 10.9. The number of urea groups is 1. The van der Waals surface area contributed by atoms with Gasteiger partial charge in [-0.2, -0.15) is 0 Å². The van der Waals surface area contributed by atoms with E-state index in [0.29, 0.717) is 32.0 Å². The van der Waals surface area contributed by atoms with Gasteiger partial charge in [-0.3, -0.25) is 15.0 Å². The summed E-state index contributed by atoms with van der Waals surface area (Å²) in [6, 6.07) is 6.59. The van der Waals surface area contributed by atoms with E-state index in [1.807, 2.05) is 17.0 Å². The molecule has 6 nitrogen and oxygen atoms in total. The SMILES string of the molecule is O=C(CN1CCOCC1)NC(=O)Nc1ccc(Br)cc1. The number of morpholine rings is 1. The van der Waals surface area contributed by atoms with Crippen LogP contribution in [0.2, 0.25) is 0 Å². The average Bonchev–Trinajstić information content (AvgIpc) is 2.42. The molecule has 1 aromatic carbocycles. The van der Waals surface area contributed by atoms with Gasteiger partial charge in [0.25, 0.3) is 0 Å². The Labute approximate surface area is 125 Å². The van der Waals surface area contributed by atoms with Crippen LogP contribution in [0.1, 0.15) is 0 Å². The van der Waals surface area contributed by atoms with E-state index in [1.54, 1.807) is 12.1 Å². The molecule has 2 N–H and O–H groups in total. The van der Waals surface area contributed by atoms with Crippen LogP contribution in [-0.4, -0.2) is 49.7 Å². The van der Waals surface area contributed by atoms with E-state index in [1.165, 1.54) is 0 Å². The van der Waals surface area contributed by atoms with E-state index in [9.17, 15) is 9.59 Å². The molecule has 108 valence electrons. The second kappa shape index (κ2) is 7.37. The van der Waals surface area contributed by atoms with Gasteiger partial charge in [-0.15, -0.1) is 0 Å². The maximum Gasteiger partial charge on any atom is 0.325 e. The number of rotatable bonds is 3. The maximum atomic E-state index is 11.7. The molecule has 0 aromatic heterocycles. The molecule has 0 saturated carbocycles. The van der Waals surface area contributed by atoms with Gasteiger partial charge in [-0.1, -0.05) is 15.9 Å². The number of hydrogen-bond donors (Lipinski definition) is 2. The van der Waals surface area contributed by atoms with Gasteiger partial charge in [-0.05, 0) is 24.3 Å². The van der Waals surface area contributed by atoms with Crippen molar-refractivity contribution in [3.05, 3.63) is 28.7 Å². The van der Waals surface area contributed by atoms with Gasteiger partial charge in [0.05, 0.1) is 19.8 Å². The highest BCUT2D eigenvalue weighted by atomic mass is 79.9. The molecule has 0 aliphatic carbocycles. The summed E-state index contributed by atoms with van der Waals surface area (Å²) in [7, 11) is 0. The second-order valence-electron chi connectivity index (χ2n) is 4.40. The summed E-state index contributed by atoms with van der Waals surface area (Å²) in [4.78, 5) is 25.3. The number of carbonyl (C=O) groups excluding carboxylic acids is 2. The third kappa shape index (κ3) is 4.92. The number of ether oxygens (including phenoxy) is 1. The van der Waals surface area contributed by atoms with Crippen molar-refractivity contribution in [1.29, 1.82) is 0 Å². The molecule has 7 heteroatoms. The van der Waals surface area contributed by atoms with Crippen LogP contribution in [0, 0.1) is 0 Å². The quantitative estimate of drug-likeness (QED) is 0.872. The molecule has 20 heavy (non-hydrogen) atoms. The van der Waals surface area contributed by atoms with Crippen LogP contribution in [0.4, 0.5) is 10.5 Å². The van der Waals surface area contributed by atoms with Gasteiger partial charge < -0.3 is 10.1 Å². The van der Waals surface area contributed by atoms with Crippen molar-refractivity contribution < 1.29 is 14.3 Å². The summed E-state index contributed by atoms with van der Waals surface area (Å²) in [5, 5.41) is 4.91. The molecular formula is C13H16BrN3O3. The van der Waals surface area contributed by atoms with Crippen molar-refractivity contribution in [1.82, 2.24) is 10.2 Å². The minimum Gasteiger partial charge on any atom is -0.379 e. The molecule has 2 rings (SSSR count). The Morgan fingerprint density at radius 3 is 2.50 bits per heavy atom. The van der Waals surface area contributed by atoms with Gasteiger partial charge in [-0.25, -0.2) is 4.79 Å². The molecule has 0 spiro atoms. The monoisotopic (exact) mass is 341 g/mol. The molecule has 1 aromatic rings. The number of nitrogens with one attached hydrogen (secondary N) is 2. The van der Waals surface area contributed by atoms with E-state index in [0.717, 1.165) is 4.47 Å². The van der Waals surface area contributed by atoms with Crippen LogP contribution < -0.4 is 10.6 Å². The largest absolute Gasteiger partial charge is 0.379 e. The Balaban J connectivity index is 1.75. The topological polar surface area (TPSA) is 70.7 Å². The standard InChI is InChI=1S/C13H16BrN3O3/c14-10-1-3-11(4-2-10)15-13(19)16-12(18)9-17-5-7-20-8-6-17/h1-4H,5-9H2,(H2,15,16,18,19). The van der Waals surface area contributed by atoms with Gasteiger partial charge >= 0.3 is 6.03 Å². The smallest absolute Gasteiger partial charge is 0.325 e. The van der Waals surface area contributed by atoms with Crippen molar-refractivity contribution in [3.63, 3.8) is 0 Å². The molecule has 0 atom stereocenters. The van der Waals surface area contributed by atoms with E-state index in [-0.39, 0.29) is 12.5 Å². The van der Waals surface area contributed by atoms with Crippen LogP contribution in [-0.2, 0) is 9.53 Å². The fraction of sp³-hybridized carbons (Fsp3) is 0.385. The van der Waals surface area contributed by atoms with Crippen molar-refractivity contribution in [3.8, 4) is 0 Å². The maximum absolute atomic E-state index is 11.7. The first kappa shape index (κ1) is 15.0. The van der Waals surface area contributed by atoms with E-state index in [2.05, 4.69) is 26.6 Å². The summed E-state index contributed by atoms with van der Waals surface area (Å²) < 4.78 is 6.12. The van der Waals surface area contributed by atoms with Crippen LogP contribution in [0.5, 0.6) is 0 Å². The zero-order valence-corrected chi connectivity index (χ0v) is 12.5. The number of imide groups is 1. The van der Waals surface area contributed by atoms with Crippen LogP contribution in [0.15, 0.2) is 28.7 Å². The molecule has 0 radical (unpaired) electrons. The van der Waals surface area contributed by atoms with Gasteiger partial charge in [0, 0.05) is 23.2 Å². The van der Waals surface area contributed by atoms with Crippen molar-refractivity contribution >= 4 is 33.6 Å². The fourth-order valence-electron chi connectivity index (χ4n) is 1.82. The van der Waals surface area contributed by atoms with Crippen molar-refractivity contribution in [2.45, 2.75) is 0 Å². The summed E-state index contributed by atoms with van der Waals surface area (Å²) in [5.74, 6) is -0.318. The molecule has 0 bridgehead atoms. The zero-order chi connectivity index (χ0) is 14.4. The van der Waals surface area contributed by atoms with E-state index < -0.39 is 6.03 Å². The molecule has 1 heterocycles. The van der Waals surface area contributed by atoms with Gasteiger partial charge in [0.1, 0.15) is 0 Å². The van der Waals surface area contributed by atoms with Gasteiger partial charge in [0.15, 0.2) is 0 Å². The first-order valence-electron chi connectivity index (χ1n) is 6.30. The van der Waals surface area contributed by atoms with Gasteiger partial charge in [0.2, 0.25) is 5.91 Å². The predicted molar refractivity (Wildman–Crippen MR) is 78.6 cm³/mol. The van der Waals surface area contributed by atoms with Crippen molar-refractivity contribution in [2.24, 2.45) is 0 Å². The Hall–Kier alpha value is -1.44. The molecule has 1 aliphatic rings. The summed E-state index contributed by atoms with van der Waals surface area (Å²) >= 11 is 3.31. The third-order valence-electron chi connectivity index (χ3n) is 2.83. The van der Waals surface area contributed by atoms with E-state index in [4.69, 9.17) is 4.74 Å². The summed E-state index contributed by atoms with van der Waals surface area (Å²) in [6.45, 7) is 2.87. The molecule has 1 saturated heterocycles. The van der Waals surface area contributed by atoms with Crippen LogP contribution in [0.3, 0.4) is 0 Å². The summed E-state index contributed by atoms with van der Waals surface area (Å²) in [5.41, 5.74) is 0.630. The highest BCUT2D eigenvalue weighted by molar-refractivity contribution is 9.10. The van der Waals surface area contributed by atoms with Crippen LogP contribution in [0.25, 0.3) is 0 Å². The number of carbonyl (C=O) groups is 2. The number of amides is 3. The number of nitrogens with zero attached hydrogens (tertiary/aromatic N) is 1. The first-order valence-corrected chi connectivity index (χ1v) is 7.09. The minimum absolute atomic E-state index is 0.205. The number of benzene rings is 1. The fourth-order valence-corrected chi connectivity index (χ4v) is 2.09. The molecule has 1 fully saturated rings. The molecule has 0 unspecified atom stereocenters. The Morgan fingerprint density at radius 1 is 1.20 bits per heavy atom. The van der Waals surface area contributed by atoms with E-state index >= 15 is 0 Å². The molecule has 1 aliphatic heterocycles. The third-order valence-corrected chi connectivity index (χ3v) is 3.35. The highest BCUT2D eigenvalue weighted by Gasteiger charge is 2.15. The normalized spacial score (nSPS) is 15.7. The average molecular weight is 342 g/mol. The summed E-state index contributed by atoms with van der Waals surface area (Å²) in [6.07, 6.45) is 0. The lowest BCUT2D eigenvalue weighted by atomic mass is 10.3. The van der Waals surface area contributed by atoms with Crippen LogP contribution >= 0.6 is 15.9 Å². The number of halogens is 1. The minimum atomic E-state index is -0.523. The molecule has 3 amide bonds. The van der Waals surface area contributed by atoms with Crippen molar-refractivity contribution in [2.75, 3.05) is 38.2 Å². The first-order chi connectivity index (χ1) is 9.63. The lowest BCUT2D eigenvalue weighted by Gasteiger charge is -2.25. The lowest BCUT2D eigenvalue weighted by Crippen LogP contribution is -2.45. The number of hydrogen-bond acceptors (Lipinski definition) is 4. The Morgan fingerprint density at radius 2 is 1.85 bits per heavy atom. The Kier molecular flexibility index (Phi) is 5.51. The second-order valence-corrected chi connectivity index (χ2v) is 5.31.